The summed E-state index contributed by atoms with van der Waals surface area (Å²) >= 11 is 0. The van der Waals surface area contributed by atoms with E-state index in [1.165, 1.54) is 0 Å². The quantitative estimate of drug-likeness (QED) is 0.186. The maximum atomic E-state index is 12.2. The van der Waals surface area contributed by atoms with E-state index in [9.17, 15) is 9.59 Å². The Morgan fingerprint density at radius 3 is 2.38 bits per heavy atom. The lowest BCUT2D eigenvalue weighted by molar-refractivity contribution is -0.143. The first-order chi connectivity index (χ1) is 11.3. The lowest BCUT2D eigenvalue weighted by Crippen LogP contribution is -2.38. The summed E-state index contributed by atoms with van der Waals surface area (Å²) in [6.07, 6.45) is 2.96. The van der Waals surface area contributed by atoms with Gasteiger partial charge in [-0.15, -0.1) is 0 Å². The minimum absolute atomic E-state index is 0.184. The van der Waals surface area contributed by atoms with Crippen molar-refractivity contribution in [3.63, 3.8) is 0 Å². The molecule has 0 aliphatic carbocycles. The third-order valence-corrected chi connectivity index (χ3v) is 3.02. The van der Waals surface area contributed by atoms with E-state index in [-0.39, 0.29) is 12.1 Å². The normalized spacial score (nSPS) is 10.7. The van der Waals surface area contributed by atoms with Crippen LogP contribution in [0.5, 0.6) is 0 Å². The first kappa shape index (κ1) is 22.1. The van der Waals surface area contributed by atoms with E-state index in [1.54, 1.807) is 11.8 Å². The van der Waals surface area contributed by atoms with E-state index in [2.05, 4.69) is 10.0 Å². The van der Waals surface area contributed by atoms with Crippen LogP contribution in [0.15, 0.2) is 5.11 Å². The van der Waals surface area contributed by atoms with Gasteiger partial charge in [-0.1, -0.05) is 11.5 Å². The van der Waals surface area contributed by atoms with Gasteiger partial charge in [0.05, 0.1) is 6.61 Å². The summed E-state index contributed by atoms with van der Waals surface area (Å²) in [4.78, 5) is 27.8. The number of carbonyl (C=O) groups excluding carboxylic acids is 2. The zero-order valence-corrected chi connectivity index (χ0v) is 15.3. The van der Waals surface area contributed by atoms with E-state index in [0.717, 1.165) is 19.3 Å². The summed E-state index contributed by atoms with van der Waals surface area (Å²) in [5.74, 6) is -0.184. The van der Waals surface area contributed by atoms with Gasteiger partial charge in [0.25, 0.3) is 0 Å². The Hall–Kier alpha value is -1.95. The van der Waals surface area contributed by atoms with Gasteiger partial charge in [0.15, 0.2) is 0 Å². The van der Waals surface area contributed by atoms with Gasteiger partial charge in [0, 0.05) is 31.0 Å². The molecule has 0 bridgehead atoms. The molecule has 0 fully saturated rings. The molecule has 8 nitrogen and oxygen atoms in total. The number of nitrogens with zero attached hydrogens (tertiary/aromatic N) is 4. The number of unbranched alkanes of at least 4 members (excludes halogenated alkanes) is 2. The number of azide groups is 1. The van der Waals surface area contributed by atoms with Gasteiger partial charge in [-0.05, 0) is 52.5 Å². The Balaban J connectivity index is 4.25. The Bertz CT molecular complexity index is 428. The average Bonchev–Trinajstić information content (AvgIpc) is 2.47. The number of rotatable bonds is 11. The predicted octanol–water partition coefficient (Wildman–Crippen LogP) is 4.05. The molecule has 0 heterocycles. The largest absolute Gasteiger partial charge is 0.466 e. The van der Waals surface area contributed by atoms with Crippen LogP contribution >= 0.6 is 0 Å². The molecule has 0 aromatic rings. The fourth-order valence-electron chi connectivity index (χ4n) is 1.98. The maximum absolute atomic E-state index is 12.2. The molecule has 0 saturated carbocycles. The summed E-state index contributed by atoms with van der Waals surface area (Å²) < 4.78 is 10.3. The molecular weight excluding hydrogens is 312 g/mol. The summed E-state index contributed by atoms with van der Waals surface area (Å²) in [6.45, 7) is 9.02. The van der Waals surface area contributed by atoms with Crippen molar-refractivity contribution in [3.05, 3.63) is 10.4 Å². The minimum atomic E-state index is -0.552. The molecule has 1 amide bonds. The zero-order valence-electron chi connectivity index (χ0n) is 15.3. The van der Waals surface area contributed by atoms with Crippen molar-refractivity contribution in [2.75, 3.05) is 26.2 Å². The van der Waals surface area contributed by atoms with E-state index < -0.39 is 5.60 Å². The molecule has 0 aliphatic heterocycles. The zero-order chi connectivity index (χ0) is 18.4. The SMILES string of the molecule is CCOC(=O)CCCCCN(CCCN=[N+]=[N-])C(=O)OC(C)(C)C. The van der Waals surface area contributed by atoms with Crippen molar-refractivity contribution < 1.29 is 19.1 Å². The third-order valence-electron chi connectivity index (χ3n) is 3.02. The lowest BCUT2D eigenvalue weighted by Gasteiger charge is -2.27. The predicted molar refractivity (Wildman–Crippen MR) is 91.5 cm³/mol. The van der Waals surface area contributed by atoms with Crippen molar-refractivity contribution in [2.45, 2.75) is 65.4 Å². The van der Waals surface area contributed by atoms with Crippen LogP contribution in [0, 0.1) is 0 Å². The first-order valence-electron chi connectivity index (χ1n) is 8.44. The van der Waals surface area contributed by atoms with Crippen molar-refractivity contribution in [1.29, 1.82) is 0 Å². The average molecular weight is 342 g/mol. The standard InChI is InChI=1S/C16H30N4O4/c1-5-23-14(21)10-7-6-8-12-20(13-9-11-18-19-17)15(22)24-16(2,3)4/h5-13H2,1-4H3. The van der Waals surface area contributed by atoms with E-state index in [0.29, 0.717) is 39.1 Å². The summed E-state index contributed by atoms with van der Waals surface area (Å²) in [5, 5.41) is 3.47. The molecule has 0 spiro atoms. The Kier molecular flexibility index (Phi) is 11.5. The van der Waals surface area contributed by atoms with Gasteiger partial charge in [-0.25, -0.2) is 4.79 Å². The number of amides is 1. The van der Waals surface area contributed by atoms with E-state index >= 15 is 0 Å². The highest BCUT2D eigenvalue weighted by Gasteiger charge is 2.21. The fraction of sp³-hybridized carbons (Fsp3) is 0.875. The van der Waals surface area contributed by atoms with E-state index in [1.807, 2.05) is 20.8 Å². The van der Waals surface area contributed by atoms with Crippen LogP contribution in [-0.2, 0) is 14.3 Å². The maximum Gasteiger partial charge on any atom is 0.410 e. The van der Waals surface area contributed by atoms with Gasteiger partial charge in [0.1, 0.15) is 5.60 Å². The van der Waals surface area contributed by atoms with Gasteiger partial charge in [0.2, 0.25) is 0 Å². The molecule has 8 heteroatoms. The fourth-order valence-corrected chi connectivity index (χ4v) is 1.98. The third kappa shape index (κ3) is 12.6. The van der Waals surface area contributed by atoms with Crippen LogP contribution in [0.2, 0.25) is 0 Å². The number of hydrogen-bond donors (Lipinski definition) is 0. The molecule has 0 aromatic heterocycles. The topological polar surface area (TPSA) is 105 Å². The van der Waals surface area contributed by atoms with E-state index in [4.69, 9.17) is 15.0 Å². The highest BCUT2D eigenvalue weighted by Crippen LogP contribution is 2.12. The molecule has 0 radical (unpaired) electrons. The molecule has 0 atom stereocenters. The monoisotopic (exact) mass is 342 g/mol. The van der Waals surface area contributed by atoms with Gasteiger partial charge < -0.3 is 14.4 Å². The Labute approximate surface area is 144 Å². The highest BCUT2D eigenvalue weighted by molar-refractivity contribution is 5.69. The lowest BCUT2D eigenvalue weighted by atomic mass is 10.2. The molecular formula is C16H30N4O4. The molecule has 0 aliphatic rings. The van der Waals surface area contributed by atoms with Crippen LogP contribution in [0.25, 0.3) is 10.4 Å². The Morgan fingerprint density at radius 1 is 1.12 bits per heavy atom. The Morgan fingerprint density at radius 2 is 1.79 bits per heavy atom. The summed E-state index contributed by atoms with van der Waals surface area (Å²) in [5.41, 5.74) is 7.74. The molecule has 0 N–H and O–H groups in total. The van der Waals surface area contributed by atoms with Gasteiger partial charge >= 0.3 is 12.1 Å². The second-order valence-corrected chi connectivity index (χ2v) is 6.39. The molecule has 24 heavy (non-hydrogen) atoms. The van der Waals surface area contributed by atoms with Crippen molar-refractivity contribution in [3.8, 4) is 0 Å². The number of hydrogen-bond acceptors (Lipinski definition) is 5. The van der Waals surface area contributed by atoms with Gasteiger partial charge in [-0.2, -0.15) is 0 Å². The van der Waals surface area contributed by atoms with Crippen LogP contribution < -0.4 is 0 Å². The second kappa shape index (κ2) is 12.5. The molecule has 138 valence electrons. The van der Waals surface area contributed by atoms with Crippen LogP contribution in [0.3, 0.4) is 0 Å². The molecule has 0 saturated heterocycles. The number of ether oxygens (including phenoxy) is 2. The number of carbonyl (C=O) groups is 2. The summed E-state index contributed by atoms with van der Waals surface area (Å²) in [6, 6.07) is 0. The van der Waals surface area contributed by atoms with Crippen molar-refractivity contribution in [1.82, 2.24) is 4.90 Å². The van der Waals surface area contributed by atoms with Crippen LogP contribution in [-0.4, -0.2) is 48.8 Å². The summed E-state index contributed by atoms with van der Waals surface area (Å²) in [7, 11) is 0. The molecule has 0 rings (SSSR count). The number of esters is 1. The van der Waals surface area contributed by atoms with Crippen LogP contribution in [0.1, 0.15) is 59.8 Å². The molecule has 0 aromatic carbocycles. The minimum Gasteiger partial charge on any atom is -0.466 e. The smallest absolute Gasteiger partial charge is 0.410 e. The van der Waals surface area contributed by atoms with Crippen molar-refractivity contribution >= 4 is 12.1 Å². The van der Waals surface area contributed by atoms with Crippen LogP contribution in [0.4, 0.5) is 4.79 Å². The van der Waals surface area contributed by atoms with Crippen molar-refractivity contribution in [2.24, 2.45) is 5.11 Å². The highest BCUT2D eigenvalue weighted by atomic mass is 16.6. The second-order valence-electron chi connectivity index (χ2n) is 6.39. The molecule has 0 unspecified atom stereocenters. The van der Waals surface area contributed by atoms with Gasteiger partial charge in [-0.3, -0.25) is 4.79 Å². The first-order valence-corrected chi connectivity index (χ1v) is 8.44.